The predicted molar refractivity (Wildman–Crippen MR) is 90.5 cm³/mol. The zero-order valence-electron chi connectivity index (χ0n) is 11.6. The number of nitriles is 1. The molecule has 0 fully saturated rings. The molecule has 0 radical (unpaired) electrons. The Morgan fingerprint density at radius 1 is 1.50 bits per heavy atom. The third kappa shape index (κ3) is 3.82. The van der Waals surface area contributed by atoms with Crippen LogP contribution < -0.4 is 5.73 Å². The first-order valence-corrected chi connectivity index (χ1v) is 8.42. The Labute approximate surface area is 141 Å². The van der Waals surface area contributed by atoms with Crippen molar-refractivity contribution < 1.29 is 4.79 Å². The number of para-hydroxylation sites is 1. The number of Topliss-reactive ketones (excluding diaryl/α,β-unsaturated/α-hetero) is 1. The van der Waals surface area contributed by atoms with E-state index >= 15 is 0 Å². The molecular formula is C14H12N4OS3. The van der Waals surface area contributed by atoms with Crippen LogP contribution in [0.1, 0.15) is 6.92 Å². The number of nitrogens with zero attached hydrogens (tertiary/aromatic N) is 3. The average molecular weight is 348 g/mol. The summed E-state index contributed by atoms with van der Waals surface area (Å²) in [5, 5.41) is 13.3. The molecule has 22 heavy (non-hydrogen) atoms. The summed E-state index contributed by atoms with van der Waals surface area (Å²) in [7, 11) is 0. The molecule has 0 aliphatic carbocycles. The molecule has 5 nitrogen and oxygen atoms in total. The Morgan fingerprint density at radius 3 is 2.77 bits per heavy atom. The summed E-state index contributed by atoms with van der Waals surface area (Å²) in [6.07, 6.45) is 0. The second-order valence-corrected chi connectivity index (χ2v) is 7.11. The summed E-state index contributed by atoms with van der Waals surface area (Å²) in [5.74, 6) is -0.200. The highest BCUT2D eigenvalue weighted by Crippen LogP contribution is 2.24. The van der Waals surface area contributed by atoms with Gasteiger partial charge in [-0.1, -0.05) is 41.3 Å². The van der Waals surface area contributed by atoms with E-state index in [-0.39, 0.29) is 22.8 Å². The first kappa shape index (κ1) is 16.4. The number of rotatable bonds is 5. The van der Waals surface area contributed by atoms with Gasteiger partial charge >= 0.3 is 0 Å². The largest absolute Gasteiger partial charge is 0.401 e. The Kier molecular flexibility index (Phi) is 5.49. The topological polar surface area (TPSA) is 84.7 Å². The summed E-state index contributed by atoms with van der Waals surface area (Å²) >= 11 is 7.86. The van der Waals surface area contributed by atoms with E-state index in [0.29, 0.717) is 8.29 Å². The molecule has 0 saturated carbocycles. The zero-order chi connectivity index (χ0) is 16.1. The van der Waals surface area contributed by atoms with E-state index in [1.54, 1.807) is 4.68 Å². The van der Waals surface area contributed by atoms with Crippen molar-refractivity contribution in [3.8, 4) is 11.8 Å². The van der Waals surface area contributed by atoms with Crippen LogP contribution in [0.2, 0.25) is 0 Å². The highest BCUT2D eigenvalue weighted by Gasteiger charge is 2.14. The van der Waals surface area contributed by atoms with E-state index in [2.05, 4.69) is 5.10 Å². The maximum atomic E-state index is 11.9. The number of thioether (sulfide) groups is 1. The Morgan fingerprint density at radius 2 is 2.18 bits per heavy atom. The zero-order valence-corrected chi connectivity index (χ0v) is 14.1. The molecule has 0 atom stereocenters. The van der Waals surface area contributed by atoms with Crippen molar-refractivity contribution in [1.82, 2.24) is 9.78 Å². The Bertz CT molecular complexity index is 811. The van der Waals surface area contributed by atoms with Gasteiger partial charge in [0.05, 0.1) is 11.4 Å². The van der Waals surface area contributed by atoms with Crippen LogP contribution in [0.15, 0.2) is 45.9 Å². The van der Waals surface area contributed by atoms with Crippen LogP contribution in [0.3, 0.4) is 0 Å². The monoisotopic (exact) mass is 348 g/mol. The number of hydrogen-bond acceptors (Lipinski definition) is 7. The number of benzene rings is 1. The van der Waals surface area contributed by atoms with Gasteiger partial charge in [-0.25, -0.2) is 4.68 Å². The average Bonchev–Trinajstić information content (AvgIpc) is 2.87. The molecule has 0 aliphatic heterocycles. The Hall–Kier alpha value is -1.95. The predicted octanol–water partition coefficient (Wildman–Crippen LogP) is 3.08. The number of aromatic nitrogens is 2. The van der Waals surface area contributed by atoms with Gasteiger partial charge in [-0.05, 0) is 31.3 Å². The van der Waals surface area contributed by atoms with E-state index in [1.807, 2.05) is 36.4 Å². The fourth-order valence-corrected chi connectivity index (χ4v) is 3.85. The molecular weight excluding hydrogens is 336 g/mol. The fraction of sp³-hybridized carbons (Fsp3) is 0.143. The molecule has 1 aromatic carbocycles. The van der Waals surface area contributed by atoms with Crippen molar-refractivity contribution in [3.63, 3.8) is 0 Å². The van der Waals surface area contributed by atoms with Gasteiger partial charge < -0.3 is 5.73 Å². The lowest BCUT2D eigenvalue weighted by atomic mass is 10.2. The SMILES string of the molecule is C/C(N)=C(/C#N)C(=O)CSc1nn(-c2ccccc2)c(=S)s1. The van der Waals surface area contributed by atoms with Gasteiger partial charge in [0.2, 0.25) is 0 Å². The second kappa shape index (κ2) is 7.35. The number of nitrogens with two attached hydrogens (primary N) is 1. The minimum absolute atomic E-state index is 0.00131. The minimum Gasteiger partial charge on any atom is -0.401 e. The molecule has 0 aliphatic rings. The molecule has 0 bridgehead atoms. The molecule has 0 unspecified atom stereocenters. The molecule has 2 N–H and O–H groups in total. The molecule has 0 saturated heterocycles. The van der Waals surface area contributed by atoms with Crippen molar-refractivity contribution in [1.29, 1.82) is 5.26 Å². The van der Waals surface area contributed by atoms with Crippen LogP contribution in [-0.2, 0) is 4.79 Å². The van der Waals surface area contributed by atoms with Crippen LogP contribution in [0.5, 0.6) is 0 Å². The number of carbonyl (C=O) groups excluding carboxylic acids is 1. The lowest BCUT2D eigenvalue weighted by Crippen LogP contribution is -2.10. The van der Waals surface area contributed by atoms with Crippen molar-refractivity contribution in [2.24, 2.45) is 5.73 Å². The van der Waals surface area contributed by atoms with E-state index in [1.165, 1.54) is 30.0 Å². The molecule has 8 heteroatoms. The van der Waals surface area contributed by atoms with Gasteiger partial charge in [0.25, 0.3) is 0 Å². The highest BCUT2D eigenvalue weighted by molar-refractivity contribution is 8.01. The standard InChI is InChI=1S/C14H12N4OS3/c1-9(16)11(7-15)12(19)8-21-13-17-18(14(20)22-13)10-5-3-2-4-6-10/h2-6H,8,16H2,1H3/b11-9+. The second-order valence-electron chi connectivity index (χ2n) is 4.26. The van der Waals surface area contributed by atoms with Crippen LogP contribution in [0, 0.1) is 15.3 Å². The van der Waals surface area contributed by atoms with Gasteiger partial charge in [0.1, 0.15) is 11.6 Å². The number of hydrogen-bond donors (Lipinski definition) is 1. The van der Waals surface area contributed by atoms with Crippen molar-refractivity contribution >= 4 is 41.1 Å². The summed E-state index contributed by atoms with van der Waals surface area (Å²) in [6.45, 7) is 1.54. The molecule has 1 aromatic heterocycles. The summed E-state index contributed by atoms with van der Waals surface area (Å²) < 4.78 is 2.93. The quantitative estimate of drug-likeness (QED) is 0.387. The minimum atomic E-state index is -0.306. The van der Waals surface area contributed by atoms with E-state index < -0.39 is 0 Å². The summed E-state index contributed by atoms with van der Waals surface area (Å²) in [5.41, 5.74) is 6.62. The van der Waals surface area contributed by atoms with Crippen molar-refractivity contribution in [3.05, 3.63) is 45.6 Å². The first-order valence-electron chi connectivity index (χ1n) is 6.21. The molecule has 112 valence electrons. The smallest absolute Gasteiger partial charge is 0.185 e. The van der Waals surface area contributed by atoms with Crippen LogP contribution >= 0.6 is 35.3 Å². The van der Waals surface area contributed by atoms with E-state index in [9.17, 15) is 4.79 Å². The molecule has 2 rings (SSSR count). The number of ketones is 1. The lowest BCUT2D eigenvalue weighted by Gasteiger charge is -2.00. The van der Waals surface area contributed by atoms with Crippen molar-refractivity contribution in [2.45, 2.75) is 11.3 Å². The van der Waals surface area contributed by atoms with Gasteiger partial charge in [0.15, 0.2) is 14.1 Å². The summed E-state index contributed by atoms with van der Waals surface area (Å²) in [4.78, 5) is 11.9. The molecule has 0 spiro atoms. The fourth-order valence-electron chi connectivity index (χ4n) is 1.62. The van der Waals surface area contributed by atoms with Crippen molar-refractivity contribution in [2.75, 3.05) is 5.75 Å². The first-order chi connectivity index (χ1) is 10.5. The molecule has 0 amide bonds. The van der Waals surface area contributed by atoms with Gasteiger partial charge in [-0.15, -0.1) is 5.10 Å². The molecule has 2 aromatic rings. The van der Waals surface area contributed by atoms with Crippen LogP contribution in [0.25, 0.3) is 5.69 Å². The highest BCUT2D eigenvalue weighted by atomic mass is 32.2. The van der Waals surface area contributed by atoms with Crippen LogP contribution in [0.4, 0.5) is 0 Å². The molecule has 1 heterocycles. The van der Waals surface area contributed by atoms with E-state index in [0.717, 1.165) is 5.69 Å². The maximum Gasteiger partial charge on any atom is 0.185 e. The third-order valence-electron chi connectivity index (χ3n) is 2.64. The summed E-state index contributed by atoms with van der Waals surface area (Å²) in [6, 6.07) is 11.4. The van der Waals surface area contributed by atoms with Gasteiger partial charge in [-0.2, -0.15) is 5.26 Å². The van der Waals surface area contributed by atoms with Gasteiger partial charge in [0, 0.05) is 5.70 Å². The number of allylic oxidation sites excluding steroid dienone is 2. The number of carbonyl (C=O) groups is 1. The third-order valence-corrected chi connectivity index (χ3v) is 5.01. The normalized spacial score (nSPS) is 11.6. The maximum absolute atomic E-state index is 11.9. The lowest BCUT2D eigenvalue weighted by molar-refractivity contribution is -0.112. The van der Waals surface area contributed by atoms with E-state index in [4.69, 9.17) is 23.2 Å². The Balaban J connectivity index is 2.14. The van der Waals surface area contributed by atoms with Crippen LogP contribution in [-0.4, -0.2) is 21.3 Å². The van der Waals surface area contributed by atoms with Gasteiger partial charge in [-0.3, -0.25) is 4.79 Å².